The van der Waals surface area contributed by atoms with Gasteiger partial charge in [0.2, 0.25) is 0 Å². The maximum atomic E-state index is 15.2. The van der Waals surface area contributed by atoms with E-state index in [-0.39, 0.29) is 44.2 Å². The summed E-state index contributed by atoms with van der Waals surface area (Å²) >= 11 is 0. The second kappa shape index (κ2) is 8.78. The molecule has 0 saturated carbocycles. The summed E-state index contributed by atoms with van der Waals surface area (Å²) in [4.78, 5) is 0. The highest BCUT2D eigenvalue weighted by atomic mass is 19.2. The van der Waals surface area contributed by atoms with Crippen molar-refractivity contribution in [2.24, 2.45) is 0 Å². The highest BCUT2D eigenvalue weighted by molar-refractivity contribution is 6.21. The molecule has 2 nitrogen and oxygen atoms in total. The van der Waals surface area contributed by atoms with Crippen molar-refractivity contribution in [1.82, 2.24) is 0 Å². The van der Waals surface area contributed by atoms with Crippen LogP contribution in [-0.4, -0.2) is 14.2 Å². The molecule has 0 aromatic heterocycles. The van der Waals surface area contributed by atoms with Gasteiger partial charge in [-0.15, -0.1) is 0 Å². The number of fused-ring (bicyclic) bond motifs is 2. The van der Waals surface area contributed by atoms with Gasteiger partial charge in [0.05, 0.1) is 25.3 Å². The summed E-state index contributed by atoms with van der Waals surface area (Å²) in [6, 6.07) is 11.4. The predicted molar refractivity (Wildman–Crippen MR) is 125 cm³/mol. The van der Waals surface area contributed by atoms with Crippen LogP contribution in [0.2, 0.25) is 0 Å². The maximum Gasteiger partial charge on any atom is 0.159 e. The van der Waals surface area contributed by atoms with E-state index in [0.29, 0.717) is 0 Å². The summed E-state index contributed by atoms with van der Waals surface area (Å²) in [5, 5.41) is 0.0626. The second-order valence-corrected chi connectivity index (χ2v) is 8.04. The molecule has 5 aromatic carbocycles. The SMILES string of the molecule is COc1cc(F)c(-c2c3ccccc3c(-c3c(F)cc(OC)cc3F)c3cc(F)c(F)cc23)c(F)c1. The molecule has 5 aromatic rings. The van der Waals surface area contributed by atoms with Crippen LogP contribution >= 0.6 is 0 Å². The monoisotopic (exact) mass is 498 g/mol. The first kappa shape index (κ1) is 23.5. The molecule has 0 heterocycles. The largest absolute Gasteiger partial charge is 0.497 e. The Morgan fingerprint density at radius 1 is 0.417 bits per heavy atom. The summed E-state index contributed by atoms with van der Waals surface area (Å²) in [7, 11) is 2.48. The van der Waals surface area contributed by atoms with E-state index in [4.69, 9.17) is 9.47 Å². The zero-order valence-corrected chi connectivity index (χ0v) is 18.9. The molecule has 0 unspecified atom stereocenters. The maximum absolute atomic E-state index is 15.2. The molecule has 0 amide bonds. The molecule has 0 spiro atoms. The highest BCUT2D eigenvalue weighted by Crippen LogP contribution is 2.47. The van der Waals surface area contributed by atoms with E-state index < -0.39 is 46.0 Å². The van der Waals surface area contributed by atoms with Crippen molar-refractivity contribution in [3.63, 3.8) is 0 Å². The first-order valence-corrected chi connectivity index (χ1v) is 10.7. The highest BCUT2D eigenvalue weighted by Gasteiger charge is 2.26. The van der Waals surface area contributed by atoms with Gasteiger partial charge in [-0.3, -0.25) is 0 Å². The van der Waals surface area contributed by atoms with Crippen molar-refractivity contribution in [2.45, 2.75) is 0 Å². The Morgan fingerprint density at radius 3 is 1.06 bits per heavy atom. The zero-order chi connectivity index (χ0) is 25.7. The number of methoxy groups -OCH3 is 2. The third kappa shape index (κ3) is 3.61. The fourth-order valence-electron chi connectivity index (χ4n) is 4.52. The van der Waals surface area contributed by atoms with Gasteiger partial charge in [0.1, 0.15) is 34.8 Å². The predicted octanol–water partition coefficient (Wildman–Crippen LogP) is 8.18. The van der Waals surface area contributed by atoms with Gasteiger partial charge in [0, 0.05) is 35.4 Å². The third-order valence-electron chi connectivity index (χ3n) is 6.07. The molecule has 8 heteroatoms. The van der Waals surface area contributed by atoms with E-state index in [2.05, 4.69) is 0 Å². The first-order valence-electron chi connectivity index (χ1n) is 10.7. The van der Waals surface area contributed by atoms with Gasteiger partial charge in [0.15, 0.2) is 11.6 Å². The molecule has 5 rings (SSSR count). The van der Waals surface area contributed by atoms with Gasteiger partial charge in [-0.25, -0.2) is 26.3 Å². The Balaban J connectivity index is 2.03. The fourth-order valence-corrected chi connectivity index (χ4v) is 4.52. The molecular formula is C28H16F6O2. The van der Waals surface area contributed by atoms with E-state index in [1.165, 1.54) is 26.4 Å². The lowest BCUT2D eigenvalue weighted by Crippen LogP contribution is -2.00. The minimum atomic E-state index is -1.30. The Bertz CT molecular complexity index is 1510. The number of rotatable bonds is 4. The minimum Gasteiger partial charge on any atom is -0.497 e. The van der Waals surface area contributed by atoms with Crippen LogP contribution in [0.5, 0.6) is 11.5 Å². The normalized spacial score (nSPS) is 11.3. The first-order chi connectivity index (χ1) is 17.2. The quantitative estimate of drug-likeness (QED) is 0.184. The van der Waals surface area contributed by atoms with Crippen LogP contribution in [0, 0.1) is 34.9 Å². The van der Waals surface area contributed by atoms with Crippen molar-refractivity contribution >= 4 is 21.5 Å². The summed E-state index contributed by atoms with van der Waals surface area (Å²) in [5.74, 6) is -6.83. The van der Waals surface area contributed by atoms with Crippen LogP contribution in [0.3, 0.4) is 0 Å². The van der Waals surface area contributed by atoms with Gasteiger partial charge < -0.3 is 9.47 Å². The molecule has 0 atom stereocenters. The van der Waals surface area contributed by atoms with Crippen molar-refractivity contribution in [3.8, 4) is 33.8 Å². The Kier molecular flexibility index (Phi) is 5.74. The lowest BCUT2D eigenvalue weighted by molar-refractivity contribution is 0.407. The average Bonchev–Trinajstić information content (AvgIpc) is 2.85. The Morgan fingerprint density at radius 2 is 0.750 bits per heavy atom. The second-order valence-electron chi connectivity index (χ2n) is 8.04. The van der Waals surface area contributed by atoms with Gasteiger partial charge >= 0.3 is 0 Å². The topological polar surface area (TPSA) is 18.5 Å². The Labute approximate surface area is 201 Å². The minimum absolute atomic E-state index is 0.0846. The molecule has 0 saturated heterocycles. The van der Waals surface area contributed by atoms with Gasteiger partial charge in [0.25, 0.3) is 0 Å². The lowest BCUT2D eigenvalue weighted by atomic mass is 9.85. The van der Waals surface area contributed by atoms with Crippen LogP contribution in [0.4, 0.5) is 26.3 Å². The van der Waals surface area contributed by atoms with Crippen molar-refractivity contribution in [3.05, 3.63) is 95.6 Å². The number of hydrogen-bond donors (Lipinski definition) is 0. The van der Waals surface area contributed by atoms with Crippen LogP contribution in [0.1, 0.15) is 0 Å². The summed E-state index contributed by atoms with van der Waals surface area (Å²) in [6.07, 6.45) is 0. The standard InChI is InChI=1S/C28H16F6O2/c1-35-13-7-21(31)27(22(32)8-13)25-15-5-3-4-6-16(15)26(18-12-20(30)19(29)11-17(18)25)28-23(33)9-14(36-2)10-24(28)34/h3-12H,1-2H3. The van der Waals surface area contributed by atoms with Gasteiger partial charge in [-0.1, -0.05) is 24.3 Å². The number of benzene rings is 5. The number of hydrogen-bond acceptors (Lipinski definition) is 2. The van der Waals surface area contributed by atoms with Crippen LogP contribution in [0.15, 0.2) is 60.7 Å². The molecular weight excluding hydrogens is 482 g/mol. The molecule has 182 valence electrons. The molecule has 0 bridgehead atoms. The van der Waals surface area contributed by atoms with E-state index in [0.717, 1.165) is 36.4 Å². The molecule has 0 aliphatic rings. The van der Waals surface area contributed by atoms with Crippen molar-refractivity contribution in [1.29, 1.82) is 0 Å². The summed E-state index contributed by atoms with van der Waals surface area (Å²) < 4.78 is 99.8. The fraction of sp³-hybridized carbons (Fsp3) is 0.0714. The number of ether oxygens (including phenoxy) is 2. The van der Waals surface area contributed by atoms with Crippen molar-refractivity contribution < 1.29 is 35.8 Å². The van der Waals surface area contributed by atoms with E-state index in [1.807, 2.05) is 0 Å². The molecule has 0 fully saturated rings. The van der Waals surface area contributed by atoms with E-state index in [1.54, 1.807) is 12.1 Å². The average molecular weight is 498 g/mol. The van der Waals surface area contributed by atoms with Crippen LogP contribution in [0.25, 0.3) is 43.8 Å². The lowest BCUT2D eigenvalue weighted by Gasteiger charge is -2.19. The summed E-state index contributed by atoms with van der Waals surface area (Å²) in [6.45, 7) is 0. The zero-order valence-electron chi connectivity index (χ0n) is 18.9. The molecule has 0 N–H and O–H groups in total. The van der Waals surface area contributed by atoms with Crippen LogP contribution in [-0.2, 0) is 0 Å². The van der Waals surface area contributed by atoms with Crippen molar-refractivity contribution in [2.75, 3.05) is 14.2 Å². The number of halogens is 6. The van der Waals surface area contributed by atoms with E-state index in [9.17, 15) is 8.78 Å². The molecule has 36 heavy (non-hydrogen) atoms. The third-order valence-corrected chi connectivity index (χ3v) is 6.07. The molecule has 0 aliphatic heterocycles. The molecule has 0 aliphatic carbocycles. The van der Waals surface area contributed by atoms with Crippen LogP contribution < -0.4 is 9.47 Å². The van der Waals surface area contributed by atoms with Gasteiger partial charge in [-0.05, 0) is 33.7 Å². The van der Waals surface area contributed by atoms with Gasteiger partial charge in [-0.2, -0.15) is 0 Å². The summed E-state index contributed by atoms with van der Waals surface area (Å²) in [5.41, 5.74) is -1.25. The smallest absolute Gasteiger partial charge is 0.159 e. The Hall–Kier alpha value is -4.20. The van der Waals surface area contributed by atoms with E-state index >= 15 is 17.6 Å². The molecule has 0 radical (unpaired) electrons.